The Balaban J connectivity index is 2.15. The number of nitrogens with two attached hydrogens (primary N) is 1. The third kappa shape index (κ3) is 3.34. The van der Waals surface area contributed by atoms with Crippen molar-refractivity contribution in [2.45, 2.75) is 19.4 Å². The Hall–Kier alpha value is -1.37. The zero-order chi connectivity index (χ0) is 14.0. The number of rotatable bonds is 4. The van der Waals surface area contributed by atoms with Crippen molar-refractivity contribution in [1.82, 2.24) is 10.5 Å². The fraction of sp³-hybridized carbons (Fsp3) is 0.333. The van der Waals surface area contributed by atoms with E-state index in [-0.39, 0.29) is 11.6 Å². The van der Waals surface area contributed by atoms with Gasteiger partial charge in [-0.05, 0) is 26.0 Å². The molecule has 2 aromatic rings. The van der Waals surface area contributed by atoms with Crippen molar-refractivity contribution in [3.8, 4) is 10.6 Å². The average molecular weight is 300 g/mol. The fourth-order valence-electron chi connectivity index (χ4n) is 1.37. The van der Waals surface area contributed by atoms with Crippen molar-refractivity contribution in [3.05, 3.63) is 28.2 Å². The van der Waals surface area contributed by atoms with Crippen LogP contribution in [0.15, 0.2) is 22.7 Å². The van der Waals surface area contributed by atoms with Crippen LogP contribution >= 0.6 is 22.9 Å². The SMILES string of the molecule is CC(C)(CN)NC(=O)c1cc(-c2ccc(Cl)s2)on1. The number of amides is 1. The molecule has 0 saturated carbocycles. The van der Waals surface area contributed by atoms with E-state index in [1.165, 1.54) is 11.3 Å². The van der Waals surface area contributed by atoms with Crippen LogP contribution < -0.4 is 11.1 Å². The highest BCUT2D eigenvalue weighted by Crippen LogP contribution is 2.31. The van der Waals surface area contributed by atoms with Crippen LogP contribution in [-0.2, 0) is 0 Å². The van der Waals surface area contributed by atoms with Gasteiger partial charge in [0.05, 0.1) is 9.21 Å². The molecule has 3 N–H and O–H groups in total. The van der Waals surface area contributed by atoms with Crippen LogP contribution in [0.5, 0.6) is 0 Å². The lowest BCUT2D eigenvalue weighted by molar-refractivity contribution is 0.0906. The summed E-state index contributed by atoms with van der Waals surface area (Å²) in [5.41, 5.74) is 5.30. The average Bonchev–Trinajstić information content (AvgIpc) is 2.96. The quantitative estimate of drug-likeness (QED) is 0.909. The van der Waals surface area contributed by atoms with Crippen LogP contribution in [0, 0.1) is 0 Å². The Morgan fingerprint density at radius 3 is 2.89 bits per heavy atom. The smallest absolute Gasteiger partial charge is 0.273 e. The highest BCUT2D eigenvalue weighted by Gasteiger charge is 2.22. The van der Waals surface area contributed by atoms with Gasteiger partial charge < -0.3 is 15.6 Å². The fourth-order valence-corrected chi connectivity index (χ4v) is 2.36. The summed E-state index contributed by atoms with van der Waals surface area (Å²) in [5, 5.41) is 6.54. The molecule has 2 rings (SSSR count). The first-order chi connectivity index (χ1) is 8.91. The van der Waals surface area contributed by atoms with Crippen molar-refractivity contribution < 1.29 is 9.32 Å². The van der Waals surface area contributed by atoms with Crippen molar-refractivity contribution in [3.63, 3.8) is 0 Å². The van der Waals surface area contributed by atoms with Gasteiger partial charge in [-0.2, -0.15) is 0 Å². The number of nitrogens with one attached hydrogen (secondary N) is 1. The summed E-state index contributed by atoms with van der Waals surface area (Å²) < 4.78 is 5.80. The number of halogens is 1. The normalized spacial score (nSPS) is 11.6. The van der Waals surface area contributed by atoms with Crippen LogP contribution in [0.2, 0.25) is 4.34 Å². The van der Waals surface area contributed by atoms with Crippen molar-refractivity contribution in [1.29, 1.82) is 0 Å². The zero-order valence-corrected chi connectivity index (χ0v) is 12.1. The standard InChI is InChI=1S/C12H14ClN3O2S/c1-12(2,6-14)15-11(17)7-5-8(18-16-7)9-3-4-10(13)19-9/h3-5H,6,14H2,1-2H3,(H,15,17). The zero-order valence-electron chi connectivity index (χ0n) is 10.6. The predicted molar refractivity (Wildman–Crippen MR) is 75.4 cm³/mol. The van der Waals surface area contributed by atoms with E-state index < -0.39 is 5.54 Å². The van der Waals surface area contributed by atoms with Crippen molar-refractivity contribution in [2.75, 3.05) is 6.54 Å². The molecule has 0 saturated heterocycles. The van der Waals surface area contributed by atoms with Crippen molar-refractivity contribution in [2.24, 2.45) is 5.73 Å². The van der Waals surface area contributed by atoms with Crippen molar-refractivity contribution >= 4 is 28.8 Å². The van der Waals surface area contributed by atoms with Gasteiger partial charge in [0.15, 0.2) is 11.5 Å². The number of hydrogen-bond donors (Lipinski definition) is 2. The largest absolute Gasteiger partial charge is 0.355 e. The maximum Gasteiger partial charge on any atom is 0.273 e. The molecule has 19 heavy (non-hydrogen) atoms. The molecule has 0 aliphatic heterocycles. The third-order valence-electron chi connectivity index (χ3n) is 2.52. The number of carbonyl (C=O) groups is 1. The number of carbonyl (C=O) groups excluding carboxylic acids is 1. The van der Waals surface area contributed by atoms with Gasteiger partial charge in [-0.25, -0.2) is 0 Å². The van der Waals surface area contributed by atoms with E-state index in [9.17, 15) is 4.79 Å². The Morgan fingerprint density at radius 2 is 2.32 bits per heavy atom. The van der Waals surface area contributed by atoms with Gasteiger partial charge in [0, 0.05) is 18.2 Å². The second-order valence-electron chi connectivity index (χ2n) is 4.72. The van der Waals surface area contributed by atoms with Gasteiger partial charge >= 0.3 is 0 Å². The molecule has 0 aromatic carbocycles. The summed E-state index contributed by atoms with van der Waals surface area (Å²) in [5.74, 6) is 0.209. The second kappa shape index (κ2) is 5.32. The van der Waals surface area contributed by atoms with Crippen LogP contribution in [0.4, 0.5) is 0 Å². The van der Waals surface area contributed by atoms with E-state index in [0.29, 0.717) is 16.6 Å². The molecule has 0 bridgehead atoms. The molecule has 102 valence electrons. The first kappa shape index (κ1) is 14.0. The summed E-state index contributed by atoms with van der Waals surface area (Å²) in [4.78, 5) is 12.8. The Labute approximate surface area is 119 Å². The molecule has 2 aromatic heterocycles. The van der Waals surface area contributed by atoms with Crippen LogP contribution in [0.3, 0.4) is 0 Å². The summed E-state index contributed by atoms with van der Waals surface area (Å²) in [6.45, 7) is 4.01. The molecule has 0 fully saturated rings. The number of aromatic nitrogens is 1. The van der Waals surface area contributed by atoms with Crippen LogP contribution in [0.25, 0.3) is 10.6 Å². The molecule has 1 amide bonds. The number of hydrogen-bond acceptors (Lipinski definition) is 5. The van der Waals surface area contributed by atoms with E-state index in [1.807, 2.05) is 19.9 Å². The lowest BCUT2D eigenvalue weighted by Crippen LogP contribution is -2.48. The van der Waals surface area contributed by atoms with E-state index in [0.717, 1.165) is 4.88 Å². The maximum atomic E-state index is 12.0. The molecular weight excluding hydrogens is 286 g/mol. The molecule has 0 aliphatic rings. The highest BCUT2D eigenvalue weighted by molar-refractivity contribution is 7.19. The van der Waals surface area contributed by atoms with Gasteiger partial charge in [0.25, 0.3) is 5.91 Å². The number of thiophene rings is 1. The van der Waals surface area contributed by atoms with Gasteiger partial charge in [0.1, 0.15) is 0 Å². The molecule has 0 aliphatic carbocycles. The molecule has 0 radical (unpaired) electrons. The van der Waals surface area contributed by atoms with Gasteiger partial charge in [-0.1, -0.05) is 16.8 Å². The highest BCUT2D eigenvalue weighted by atomic mass is 35.5. The molecule has 7 heteroatoms. The lowest BCUT2D eigenvalue weighted by Gasteiger charge is -2.23. The summed E-state index contributed by atoms with van der Waals surface area (Å²) in [7, 11) is 0. The number of nitrogens with zero attached hydrogens (tertiary/aromatic N) is 1. The van der Waals surface area contributed by atoms with E-state index in [4.69, 9.17) is 21.9 Å². The molecule has 2 heterocycles. The molecular formula is C12H14ClN3O2S. The third-order valence-corrected chi connectivity index (χ3v) is 3.77. The lowest BCUT2D eigenvalue weighted by atomic mass is 10.1. The predicted octanol–water partition coefficient (Wildman–Crippen LogP) is 2.52. The van der Waals surface area contributed by atoms with E-state index in [2.05, 4.69) is 10.5 Å². The second-order valence-corrected chi connectivity index (χ2v) is 6.44. The Morgan fingerprint density at radius 1 is 1.58 bits per heavy atom. The van der Waals surface area contributed by atoms with E-state index >= 15 is 0 Å². The molecule has 0 unspecified atom stereocenters. The van der Waals surface area contributed by atoms with Gasteiger partial charge in [-0.3, -0.25) is 4.79 Å². The summed E-state index contributed by atoms with van der Waals surface area (Å²) in [6.07, 6.45) is 0. The minimum atomic E-state index is -0.484. The minimum absolute atomic E-state index is 0.223. The topological polar surface area (TPSA) is 81.1 Å². The van der Waals surface area contributed by atoms with Crippen LogP contribution in [0.1, 0.15) is 24.3 Å². The summed E-state index contributed by atoms with van der Waals surface area (Å²) in [6, 6.07) is 5.17. The first-order valence-corrected chi connectivity index (χ1v) is 6.86. The Bertz CT molecular complexity index is 591. The monoisotopic (exact) mass is 299 g/mol. The molecule has 0 spiro atoms. The van der Waals surface area contributed by atoms with Gasteiger partial charge in [0.2, 0.25) is 0 Å². The van der Waals surface area contributed by atoms with E-state index in [1.54, 1.807) is 12.1 Å². The molecule has 5 nitrogen and oxygen atoms in total. The van der Waals surface area contributed by atoms with Gasteiger partial charge in [-0.15, -0.1) is 11.3 Å². The Kier molecular flexibility index (Phi) is 3.93. The maximum absolute atomic E-state index is 12.0. The first-order valence-electron chi connectivity index (χ1n) is 5.66. The minimum Gasteiger partial charge on any atom is -0.355 e. The molecule has 0 atom stereocenters. The van der Waals surface area contributed by atoms with Crippen LogP contribution in [-0.4, -0.2) is 23.1 Å². The summed E-state index contributed by atoms with van der Waals surface area (Å²) >= 11 is 7.21.